The molecule has 0 aromatic carbocycles. The van der Waals surface area contributed by atoms with Crippen LogP contribution in [0.1, 0.15) is 88.5 Å². The van der Waals surface area contributed by atoms with Crippen LogP contribution in [0.25, 0.3) is 0 Å². The van der Waals surface area contributed by atoms with E-state index in [2.05, 4.69) is 0 Å². The number of epoxide rings is 1. The van der Waals surface area contributed by atoms with Gasteiger partial charge in [-0.25, -0.2) is 4.79 Å². The second-order valence-electron chi connectivity index (χ2n) is 17.2. The average Bonchev–Trinajstić information content (AvgIpc) is 3.84. The van der Waals surface area contributed by atoms with E-state index < -0.39 is 136 Å². The number of fused-ring (bicyclic) bond motifs is 7. The molecule has 2 unspecified atom stereocenters. The Morgan fingerprint density at radius 2 is 1.36 bits per heavy atom. The van der Waals surface area contributed by atoms with Crippen molar-refractivity contribution in [2.24, 2.45) is 45.3 Å². The summed E-state index contributed by atoms with van der Waals surface area (Å²) in [7, 11) is 2.65. The van der Waals surface area contributed by atoms with Crippen molar-refractivity contribution in [3.63, 3.8) is 0 Å². The number of aliphatic hydroxyl groups excluding tert-OH is 1. The van der Waals surface area contributed by atoms with Gasteiger partial charge in [-0.05, 0) is 50.4 Å². The van der Waals surface area contributed by atoms with Crippen molar-refractivity contribution in [1.82, 2.24) is 0 Å². The minimum atomic E-state index is -1.90. The molecule has 0 aromatic rings. The first kappa shape index (κ1) is 42.8. The lowest BCUT2D eigenvalue weighted by Gasteiger charge is -2.75. The van der Waals surface area contributed by atoms with Crippen LogP contribution in [-0.4, -0.2) is 121 Å². The molecule has 0 spiro atoms. The molecule has 1 heterocycles. The molecule has 5 rings (SSSR count). The van der Waals surface area contributed by atoms with E-state index in [1.807, 2.05) is 13.8 Å². The number of carbonyl (C=O) groups excluding carboxylic acids is 6. The van der Waals surface area contributed by atoms with Crippen LogP contribution in [0.4, 0.5) is 0 Å². The maximum Gasteiger partial charge on any atom is 0.341 e. The van der Waals surface area contributed by atoms with E-state index in [4.69, 9.17) is 37.9 Å². The third-order valence-corrected chi connectivity index (χ3v) is 14.6. The fourth-order valence-corrected chi connectivity index (χ4v) is 12.9. The van der Waals surface area contributed by atoms with Crippen molar-refractivity contribution in [1.29, 1.82) is 0 Å². The van der Waals surface area contributed by atoms with Gasteiger partial charge in [0.15, 0.2) is 12.2 Å². The smallest absolute Gasteiger partial charge is 0.341 e. The van der Waals surface area contributed by atoms with Crippen molar-refractivity contribution >= 4 is 35.8 Å². The summed E-state index contributed by atoms with van der Waals surface area (Å²) in [4.78, 5) is 79.4. The summed E-state index contributed by atoms with van der Waals surface area (Å²) >= 11 is 0. The molecule has 310 valence electrons. The summed E-state index contributed by atoms with van der Waals surface area (Å²) in [6, 6.07) is 0. The molecule has 16 atom stereocenters. The molecule has 0 radical (unpaired) electrons. The Morgan fingerprint density at radius 1 is 0.818 bits per heavy atom. The summed E-state index contributed by atoms with van der Waals surface area (Å²) in [5.41, 5.74) is -9.75. The van der Waals surface area contributed by atoms with Crippen LogP contribution in [0.15, 0.2) is 0 Å². The Balaban J connectivity index is 1.92. The molecule has 1 aliphatic heterocycles. The summed E-state index contributed by atoms with van der Waals surface area (Å²) in [5, 5.41) is 25.2. The number of ether oxygens (including phenoxy) is 8. The summed E-state index contributed by atoms with van der Waals surface area (Å²) in [6.07, 6.45) is -7.26. The number of methoxy groups -OCH3 is 2. The van der Waals surface area contributed by atoms with Crippen molar-refractivity contribution in [3.8, 4) is 0 Å². The molecule has 16 nitrogen and oxygen atoms in total. The molecule has 0 aromatic heterocycles. The second kappa shape index (κ2) is 14.2. The van der Waals surface area contributed by atoms with Crippen LogP contribution in [0.3, 0.4) is 0 Å². The topological polar surface area (TPSA) is 220 Å². The molecule has 0 bridgehead atoms. The molecule has 1 saturated heterocycles. The highest BCUT2D eigenvalue weighted by Crippen LogP contribution is 2.78. The molecule has 16 heteroatoms. The molecule has 5 aliphatic rings. The van der Waals surface area contributed by atoms with Crippen LogP contribution >= 0.6 is 0 Å². The van der Waals surface area contributed by atoms with Crippen LogP contribution < -0.4 is 0 Å². The minimum absolute atomic E-state index is 0.0678. The maximum atomic E-state index is 14.0. The van der Waals surface area contributed by atoms with Crippen molar-refractivity contribution in [2.75, 3.05) is 27.4 Å². The molecule has 55 heavy (non-hydrogen) atoms. The Bertz CT molecular complexity index is 1600. The predicted molar refractivity (Wildman–Crippen MR) is 187 cm³/mol. The van der Waals surface area contributed by atoms with Gasteiger partial charge >= 0.3 is 35.8 Å². The molecule has 4 aliphatic carbocycles. The fraction of sp³-hybridized carbons (Fsp3) is 0.846. The number of hydrogen-bond donors (Lipinski definition) is 2. The van der Waals surface area contributed by atoms with Gasteiger partial charge in [-0.3, -0.25) is 24.0 Å². The number of carbonyl (C=O) groups is 6. The van der Waals surface area contributed by atoms with E-state index in [9.17, 15) is 39.0 Å². The lowest BCUT2D eigenvalue weighted by molar-refractivity contribution is -0.365. The summed E-state index contributed by atoms with van der Waals surface area (Å²) in [5.74, 6) is -7.75. The molecule has 4 saturated carbocycles. The van der Waals surface area contributed by atoms with Gasteiger partial charge in [-0.2, -0.15) is 0 Å². The lowest BCUT2D eigenvalue weighted by atomic mass is 9.31. The summed E-state index contributed by atoms with van der Waals surface area (Å²) < 4.78 is 48.0. The second-order valence-corrected chi connectivity index (χ2v) is 17.2. The first-order chi connectivity index (χ1) is 25.5. The number of aliphatic hydroxyl groups is 2. The zero-order chi connectivity index (χ0) is 41.4. The number of rotatable bonds is 10. The largest absolute Gasteiger partial charge is 0.467 e. The molecule has 0 amide bonds. The fourth-order valence-electron chi connectivity index (χ4n) is 12.9. The van der Waals surface area contributed by atoms with Crippen molar-refractivity contribution < 1.29 is 76.9 Å². The highest BCUT2D eigenvalue weighted by molar-refractivity contribution is 5.86. The quantitative estimate of drug-likeness (QED) is 0.184. The number of hydrogen-bond acceptors (Lipinski definition) is 16. The standard InChI is InChI=1S/C39H58O16/c1-18-15-38(47)25-13-14-34(8)26(16-48-11)37(17-40,19(2)50-20(3)41)30(52-22(5)43)27(51-21(4)42)28(34)35(25,9)31(53-23(6)44)32(54-24(7)45)36(38,10)39(29(18)55-39)33(46)49-12/h18-19,25-32,40,47H,13-17H2,1-12H3/t18-,19?,25+,26-,27-,28-,29?,30-,31+,32-,34-,35-,36+,37+,38+,39-/m0/s1. The highest BCUT2D eigenvalue weighted by atomic mass is 16.7. The van der Waals surface area contributed by atoms with E-state index >= 15 is 0 Å². The average molecular weight is 783 g/mol. The zero-order valence-corrected chi connectivity index (χ0v) is 33.9. The third-order valence-electron chi connectivity index (χ3n) is 14.6. The number of esters is 6. The van der Waals surface area contributed by atoms with Gasteiger partial charge in [0.1, 0.15) is 24.4 Å². The van der Waals surface area contributed by atoms with E-state index in [1.54, 1.807) is 20.8 Å². The normalized spacial score (nSPS) is 45.8. The molecular weight excluding hydrogens is 724 g/mol. The van der Waals surface area contributed by atoms with Gasteiger partial charge in [0.05, 0.1) is 36.8 Å². The van der Waals surface area contributed by atoms with Crippen LogP contribution in [0.2, 0.25) is 0 Å². The Morgan fingerprint density at radius 3 is 1.85 bits per heavy atom. The van der Waals surface area contributed by atoms with Gasteiger partial charge in [-0.15, -0.1) is 0 Å². The van der Waals surface area contributed by atoms with Crippen molar-refractivity contribution in [3.05, 3.63) is 0 Å². The monoisotopic (exact) mass is 782 g/mol. The lowest BCUT2D eigenvalue weighted by Crippen LogP contribution is -2.84. The van der Waals surface area contributed by atoms with E-state index in [0.717, 1.165) is 13.8 Å². The van der Waals surface area contributed by atoms with Gasteiger partial charge in [-0.1, -0.05) is 20.8 Å². The summed E-state index contributed by atoms with van der Waals surface area (Å²) in [6.45, 7) is 13.8. The minimum Gasteiger partial charge on any atom is -0.467 e. The SMILES string of the molecule is COC[C@H]1[C@]2(C)CC[C@@H]3[C@](C)([C@H](OC(C)=O)[C@H](OC(C)=O)[C@@]4(C)[C@]5(C(=O)OC)OC5[C@@H](C)C[C@@]34O)[C@H]2[C@H](OC(C)=O)[C@H](OC(C)=O)[C@]1(CO)C(C)OC(C)=O. The van der Waals surface area contributed by atoms with Gasteiger partial charge < -0.3 is 48.1 Å². The Labute approximate surface area is 321 Å². The maximum absolute atomic E-state index is 14.0. The van der Waals surface area contributed by atoms with Crippen LogP contribution in [0.5, 0.6) is 0 Å². The highest BCUT2D eigenvalue weighted by Gasteiger charge is 2.91. The van der Waals surface area contributed by atoms with E-state index in [-0.39, 0.29) is 25.9 Å². The predicted octanol–water partition coefficient (Wildman–Crippen LogP) is 2.06. The molecule has 2 N–H and O–H groups in total. The zero-order valence-electron chi connectivity index (χ0n) is 33.9. The van der Waals surface area contributed by atoms with Gasteiger partial charge in [0, 0.05) is 59.0 Å². The van der Waals surface area contributed by atoms with Gasteiger partial charge in [0.25, 0.3) is 0 Å². The first-order valence-corrected chi connectivity index (χ1v) is 18.9. The van der Waals surface area contributed by atoms with Gasteiger partial charge in [0.2, 0.25) is 5.60 Å². The van der Waals surface area contributed by atoms with E-state index in [0.29, 0.717) is 0 Å². The third kappa shape index (κ3) is 5.73. The Hall–Kier alpha value is -3.34. The molecule has 5 fully saturated rings. The Kier molecular flexibility index (Phi) is 11.1. The van der Waals surface area contributed by atoms with Crippen molar-refractivity contribution in [2.45, 2.75) is 136 Å². The van der Waals surface area contributed by atoms with E-state index in [1.165, 1.54) is 35.0 Å². The first-order valence-electron chi connectivity index (χ1n) is 18.9. The van der Waals surface area contributed by atoms with Crippen LogP contribution in [-0.2, 0) is 66.7 Å². The van der Waals surface area contributed by atoms with Crippen LogP contribution in [0, 0.1) is 45.3 Å². The molecular formula is C39H58O16.